The fourth-order valence-electron chi connectivity index (χ4n) is 2.24. The van der Waals surface area contributed by atoms with Crippen molar-refractivity contribution in [2.75, 3.05) is 33.8 Å². The molecule has 118 valence electrons. The molecule has 0 aromatic carbocycles. The molecule has 1 heterocycles. The van der Waals surface area contributed by atoms with E-state index >= 15 is 0 Å². The van der Waals surface area contributed by atoms with Gasteiger partial charge >= 0.3 is 12.1 Å². The van der Waals surface area contributed by atoms with Gasteiger partial charge in [-0.05, 0) is 19.8 Å². The van der Waals surface area contributed by atoms with Gasteiger partial charge in [0.15, 0.2) is 5.78 Å². The van der Waals surface area contributed by atoms with E-state index in [4.69, 9.17) is 9.84 Å². The molecule has 1 aliphatic rings. The lowest BCUT2D eigenvalue weighted by molar-refractivity contribution is -0.140. The van der Waals surface area contributed by atoms with Gasteiger partial charge in [-0.15, -0.1) is 0 Å². The normalized spacial score (nSPS) is 16.5. The van der Waals surface area contributed by atoms with Crippen LogP contribution in [-0.2, 0) is 14.3 Å². The van der Waals surface area contributed by atoms with Crippen LogP contribution in [-0.4, -0.2) is 66.5 Å². The van der Waals surface area contributed by atoms with E-state index in [2.05, 4.69) is 0 Å². The third kappa shape index (κ3) is 4.77. The van der Waals surface area contributed by atoms with Crippen LogP contribution in [0.5, 0.6) is 0 Å². The number of nitrogens with zero attached hydrogens (tertiary/aromatic N) is 2. The zero-order valence-electron chi connectivity index (χ0n) is 12.7. The van der Waals surface area contributed by atoms with Crippen molar-refractivity contribution in [3.05, 3.63) is 11.8 Å². The number of hydrogen-bond acceptors (Lipinski definition) is 5. The van der Waals surface area contributed by atoms with E-state index in [0.717, 1.165) is 0 Å². The summed E-state index contributed by atoms with van der Waals surface area (Å²) in [7, 11) is 3.44. The third-order valence-corrected chi connectivity index (χ3v) is 3.28. The molecule has 0 atom stereocenters. The molecule has 7 nitrogen and oxygen atoms in total. The van der Waals surface area contributed by atoms with Gasteiger partial charge in [0.1, 0.15) is 5.57 Å². The zero-order valence-corrected chi connectivity index (χ0v) is 12.7. The van der Waals surface area contributed by atoms with E-state index in [1.807, 2.05) is 0 Å². The number of rotatable bonds is 5. The van der Waals surface area contributed by atoms with E-state index in [-0.39, 0.29) is 23.9 Å². The fourth-order valence-corrected chi connectivity index (χ4v) is 2.24. The second kappa shape index (κ2) is 7.66. The van der Waals surface area contributed by atoms with Gasteiger partial charge in [0, 0.05) is 39.3 Å². The Balaban J connectivity index is 2.78. The SMILES string of the molecule is CCOC(=O)/C(=C\N(C)C)C(=O)C1CCN(C(=O)O)CC1. The molecular formula is C14H22N2O5. The number of hydrogen-bond donors (Lipinski definition) is 1. The highest BCUT2D eigenvalue weighted by Crippen LogP contribution is 2.22. The molecule has 0 radical (unpaired) electrons. The predicted molar refractivity (Wildman–Crippen MR) is 75.7 cm³/mol. The van der Waals surface area contributed by atoms with Crippen molar-refractivity contribution < 1.29 is 24.2 Å². The lowest BCUT2D eigenvalue weighted by atomic mass is 9.89. The summed E-state index contributed by atoms with van der Waals surface area (Å²) in [6.07, 6.45) is 1.34. The maximum atomic E-state index is 12.5. The van der Waals surface area contributed by atoms with Crippen molar-refractivity contribution in [3.8, 4) is 0 Å². The molecule has 0 spiro atoms. The molecule has 1 aliphatic heterocycles. The minimum absolute atomic E-state index is 0.0237. The van der Waals surface area contributed by atoms with Gasteiger partial charge < -0.3 is 19.6 Å². The van der Waals surface area contributed by atoms with Crippen LogP contribution in [0.15, 0.2) is 11.8 Å². The number of carbonyl (C=O) groups is 3. The molecule has 0 bridgehead atoms. The standard InChI is InChI=1S/C14H22N2O5/c1-4-21-13(18)11(9-15(2)3)12(17)10-5-7-16(8-6-10)14(19)20/h9-10H,4-8H2,1-3H3,(H,19,20)/b11-9-. The Hall–Kier alpha value is -2.05. The maximum absolute atomic E-state index is 12.5. The largest absolute Gasteiger partial charge is 0.465 e. The van der Waals surface area contributed by atoms with Gasteiger partial charge in [-0.25, -0.2) is 9.59 Å². The third-order valence-electron chi connectivity index (χ3n) is 3.28. The van der Waals surface area contributed by atoms with Crippen molar-refractivity contribution in [2.24, 2.45) is 5.92 Å². The van der Waals surface area contributed by atoms with Crippen molar-refractivity contribution in [1.29, 1.82) is 0 Å². The highest BCUT2D eigenvalue weighted by molar-refractivity contribution is 6.18. The quantitative estimate of drug-likeness (QED) is 0.352. The van der Waals surface area contributed by atoms with Crippen LogP contribution < -0.4 is 0 Å². The van der Waals surface area contributed by atoms with Crippen LogP contribution in [0, 0.1) is 5.92 Å². The number of carboxylic acid groups (broad SMARTS) is 1. The Morgan fingerprint density at radius 3 is 2.29 bits per heavy atom. The van der Waals surface area contributed by atoms with Crippen LogP contribution in [0.2, 0.25) is 0 Å². The van der Waals surface area contributed by atoms with Crippen LogP contribution in [0.25, 0.3) is 0 Å². The number of ketones is 1. The molecule has 1 saturated heterocycles. The minimum Gasteiger partial charge on any atom is -0.465 e. The lowest BCUT2D eigenvalue weighted by Crippen LogP contribution is -2.40. The van der Waals surface area contributed by atoms with Crippen LogP contribution in [0.4, 0.5) is 4.79 Å². The highest BCUT2D eigenvalue weighted by atomic mass is 16.5. The number of ether oxygens (including phenoxy) is 1. The summed E-state index contributed by atoms with van der Waals surface area (Å²) < 4.78 is 4.92. The summed E-state index contributed by atoms with van der Waals surface area (Å²) in [5.41, 5.74) is 0.0237. The second-order valence-corrected chi connectivity index (χ2v) is 5.14. The summed E-state index contributed by atoms with van der Waals surface area (Å²) in [5.74, 6) is -1.24. The molecule has 7 heteroatoms. The summed E-state index contributed by atoms with van der Waals surface area (Å²) in [6.45, 7) is 2.50. The summed E-state index contributed by atoms with van der Waals surface area (Å²) >= 11 is 0. The highest BCUT2D eigenvalue weighted by Gasteiger charge is 2.32. The Kier molecular flexibility index (Phi) is 6.20. The second-order valence-electron chi connectivity index (χ2n) is 5.14. The fraction of sp³-hybridized carbons (Fsp3) is 0.643. The number of piperidine rings is 1. The average molecular weight is 298 g/mol. The topological polar surface area (TPSA) is 87.2 Å². The molecule has 0 aromatic heterocycles. The van der Waals surface area contributed by atoms with Crippen molar-refractivity contribution in [2.45, 2.75) is 19.8 Å². The van der Waals surface area contributed by atoms with Gasteiger partial charge in [-0.1, -0.05) is 0 Å². The van der Waals surface area contributed by atoms with Gasteiger partial charge in [0.2, 0.25) is 0 Å². The van der Waals surface area contributed by atoms with Gasteiger partial charge in [-0.3, -0.25) is 4.79 Å². The van der Waals surface area contributed by atoms with E-state index in [1.165, 1.54) is 11.1 Å². The number of likely N-dealkylation sites (tertiary alicyclic amines) is 1. The molecule has 1 fully saturated rings. The number of Topliss-reactive ketones (excluding diaryl/α,β-unsaturated/α-hetero) is 1. The van der Waals surface area contributed by atoms with Gasteiger partial charge in [0.25, 0.3) is 0 Å². The molecule has 0 saturated carbocycles. The van der Waals surface area contributed by atoms with Crippen molar-refractivity contribution >= 4 is 17.8 Å². The molecule has 21 heavy (non-hydrogen) atoms. The monoisotopic (exact) mass is 298 g/mol. The Morgan fingerprint density at radius 2 is 1.86 bits per heavy atom. The molecule has 1 amide bonds. The average Bonchev–Trinajstić information content (AvgIpc) is 2.44. The molecule has 0 unspecified atom stereocenters. The first kappa shape index (κ1) is 17.0. The van der Waals surface area contributed by atoms with Gasteiger partial charge in [0.05, 0.1) is 6.61 Å². The minimum atomic E-state index is -0.977. The van der Waals surface area contributed by atoms with Crippen molar-refractivity contribution in [3.63, 3.8) is 0 Å². The smallest absolute Gasteiger partial charge is 0.407 e. The number of carbonyl (C=O) groups excluding carboxylic acids is 2. The Bertz CT molecular complexity index is 437. The first-order valence-corrected chi connectivity index (χ1v) is 6.94. The van der Waals surface area contributed by atoms with Crippen LogP contribution >= 0.6 is 0 Å². The molecule has 0 aliphatic carbocycles. The summed E-state index contributed by atoms with van der Waals surface area (Å²) in [5, 5.41) is 8.90. The molecule has 0 aromatic rings. The van der Waals surface area contributed by atoms with Crippen LogP contribution in [0.3, 0.4) is 0 Å². The van der Waals surface area contributed by atoms with E-state index in [9.17, 15) is 14.4 Å². The molecular weight excluding hydrogens is 276 g/mol. The molecule has 1 rings (SSSR count). The number of esters is 1. The van der Waals surface area contributed by atoms with E-state index < -0.39 is 12.1 Å². The van der Waals surface area contributed by atoms with Gasteiger partial charge in [-0.2, -0.15) is 0 Å². The zero-order chi connectivity index (χ0) is 16.0. The summed E-state index contributed by atoms with van der Waals surface area (Å²) in [6, 6.07) is 0. The Morgan fingerprint density at radius 1 is 1.29 bits per heavy atom. The van der Waals surface area contributed by atoms with E-state index in [0.29, 0.717) is 25.9 Å². The summed E-state index contributed by atoms with van der Waals surface area (Å²) in [4.78, 5) is 38.1. The van der Waals surface area contributed by atoms with Crippen LogP contribution in [0.1, 0.15) is 19.8 Å². The molecule has 1 N–H and O–H groups in total. The predicted octanol–water partition coefficient (Wildman–Crippen LogP) is 0.954. The maximum Gasteiger partial charge on any atom is 0.407 e. The first-order valence-electron chi connectivity index (χ1n) is 6.94. The lowest BCUT2D eigenvalue weighted by Gasteiger charge is -2.29. The van der Waals surface area contributed by atoms with Crippen molar-refractivity contribution in [1.82, 2.24) is 9.80 Å². The first-order chi connectivity index (χ1) is 9.86. The number of amides is 1. The van der Waals surface area contributed by atoms with E-state index in [1.54, 1.807) is 25.9 Å². The Labute approximate surface area is 124 Å².